The lowest BCUT2D eigenvalue weighted by Gasteiger charge is -2.41. The lowest BCUT2D eigenvalue weighted by Crippen LogP contribution is -2.34. The van der Waals surface area contributed by atoms with Crippen LogP contribution >= 0.6 is 7.92 Å². The third-order valence-electron chi connectivity index (χ3n) is 14.3. The van der Waals surface area contributed by atoms with Crippen molar-refractivity contribution in [1.29, 1.82) is 0 Å². The normalized spacial score (nSPS) is 13.6. The van der Waals surface area contributed by atoms with Crippen LogP contribution in [0.3, 0.4) is 0 Å². The summed E-state index contributed by atoms with van der Waals surface area (Å²) in [7, 11) is -1.78. The number of alkyl halides is 3. The van der Waals surface area contributed by atoms with Crippen LogP contribution in [-0.2, 0) is 6.18 Å². The van der Waals surface area contributed by atoms with Gasteiger partial charge in [-0.1, -0.05) is 242 Å². The number of unbranched alkanes of at least 4 members (excludes halogenated alkanes) is 21. The van der Waals surface area contributed by atoms with Crippen molar-refractivity contribution in [2.75, 3.05) is 12.3 Å². The molecule has 0 saturated carbocycles. The molecular formula is C54H102BF6P. The van der Waals surface area contributed by atoms with Gasteiger partial charge in [-0.2, -0.15) is 38.5 Å². The van der Waals surface area contributed by atoms with Gasteiger partial charge in [0.05, 0.1) is 12.3 Å². The second-order valence-corrected chi connectivity index (χ2v) is 22.7. The minimum Gasteiger partial charge on any atom is -0.204 e. The molecule has 0 radical (unpaired) electrons. The van der Waals surface area contributed by atoms with E-state index in [2.05, 4.69) is 41.5 Å². The van der Waals surface area contributed by atoms with Crippen LogP contribution in [-0.4, -0.2) is 18.5 Å². The van der Waals surface area contributed by atoms with Gasteiger partial charge >= 0.3 is 6.18 Å². The quantitative estimate of drug-likeness (QED) is 0.0202. The molecule has 1 aromatic rings. The highest BCUT2D eigenvalue weighted by Gasteiger charge is 2.43. The van der Waals surface area contributed by atoms with Gasteiger partial charge in [0.25, 0.3) is 0 Å². The van der Waals surface area contributed by atoms with E-state index in [9.17, 15) is 26.3 Å². The van der Waals surface area contributed by atoms with Crippen LogP contribution in [0.25, 0.3) is 0 Å². The minimum absolute atomic E-state index is 0.104. The van der Waals surface area contributed by atoms with Crippen LogP contribution < -0.4 is 5.30 Å². The molecule has 0 spiro atoms. The monoisotopic (exact) mass is 907 g/mol. The maximum atomic E-state index is 14.7. The Morgan fingerprint density at radius 1 is 0.484 bits per heavy atom. The molecular weight excluding hydrogens is 804 g/mol. The largest absolute Gasteiger partial charge is 0.422 e. The summed E-state index contributed by atoms with van der Waals surface area (Å²) >= 11 is 0. The summed E-state index contributed by atoms with van der Waals surface area (Å²) in [6.07, 6.45) is 44.3. The molecule has 3 atom stereocenters. The summed E-state index contributed by atoms with van der Waals surface area (Å²) in [6.45, 7) is 17.6. The van der Waals surface area contributed by atoms with E-state index in [1.165, 1.54) is 154 Å². The van der Waals surface area contributed by atoms with Gasteiger partial charge in [0, 0.05) is 20.1 Å². The highest BCUT2D eigenvalue weighted by molar-refractivity contribution is 7.65. The first-order valence-corrected chi connectivity index (χ1v) is 29.0. The van der Waals surface area contributed by atoms with Crippen LogP contribution in [0.5, 0.6) is 0 Å². The highest BCUT2D eigenvalue weighted by atomic mass is 31.1. The van der Waals surface area contributed by atoms with Crippen molar-refractivity contribution in [2.24, 2.45) is 11.8 Å². The molecule has 368 valence electrons. The van der Waals surface area contributed by atoms with E-state index in [1.807, 2.05) is 13.8 Å². The minimum atomic E-state index is -5.26. The number of rotatable bonds is 40. The van der Waals surface area contributed by atoms with Gasteiger partial charge < -0.3 is 0 Å². The topological polar surface area (TPSA) is 0 Å². The van der Waals surface area contributed by atoms with Gasteiger partial charge in [0.1, 0.15) is 10.9 Å². The standard InChI is InChI=1S/C32H68B.C22H33F6P/c1-5-9-13-17-21-25-29-33(30-26-22-18-14-10-6-2,31-27-23-19-15-11-7-3)32-28-24-20-16-12-8-4;1-5-8-12-29(14-15(4)10-11-16(7-3)9-6-2)18-13-17(23)20(24)19(21(18)25)22(26,27)28/h5-32H2,1-4H3;13,15-16H,5-12,14H2,1-4H3/q-1;/p+1. The Labute approximate surface area is 383 Å². The number of hydrogen-bond donors (Lipinski definition) is 0. The predicted molar refractivity (Wildman–Crippen MR) is 269 cm³/mol. The van der Waals surface area contributed by atoms with Crippen molar-refractivity contribution >= 4 is 19.4 Å². The summed E-state index contributed by atoms with van der Waals surface area (Å²) < 4.78 is 81.7. The molecule has 1 rings (SSSR count). The number of halogens is 6. The first-order chi connectivity index (χ1) is 29.8. The second-order valence-electron chi connectivity index (χ2n) is 20.0. The molecule has 0 saturated heterocycles. The van der Waals surface area contributed by atoms with Crippen molar-refractivity contribution in [3.63, 3.8) is 0 Å². The van der Waals surface area contributed by atoms with Gasteiger partial charge in [-0.15, -0.1) is 0 Å². The first-order valence-electron chi connectivity index (χ1n) is 27.1. The predicted octanol–water partition coefficient (Wildman–Crippen LogP) is 20.9. The molecule has 0 fully saturated rings. The molecule has 0 heterocycles. The van der Waals surface area contributed by atoms with E-state index in [0.717, 1.165) is 44.9 Å². The average Bonchev–Trinajstić information content (AvgIpc) is 3.24. The fourth-order valence-electron chi connectivity index (χ4n) is 10.1. The molecule has 0 amide bonds. The summed E-state index contributed by atoms with van der Waals surface area (Å²) in [5, 5.41) is -0.248. The van der Waals surface area contributed by atoms with Crippen LogP contribution in [0, 0.1) is 29.3 Å². The zero-order valence-corrected chi connectivity index (χ0v) is 43.2. The Bertz CT molecular complexity index is 1090. The van der Waals surface area contributed by atoms with Gasteiger partial charge in [-0.05, 0) is 24.7 Å². The van der Waals surface area contributed by atoms with E-state index < -0.39 is 37.1 Å². The third-order valence-corrected chi connectivity index (χ3v) is 17.5. The third kappa shape index (κ3) is 29.0. The summed E-state index contributed by atoms with van der Waals surface area (Å²) in [4.78, 5) is 0. The van der Waals surface area contributed by atoms with E-state index in [0.29, 0.717) is 24.3 Å². The van der Waals surface area contributed by atoms with E-state index >= 15 is 0 Å². The molecule has 62 heavy (non-hydrogen) atoms. The number of hydrogen-bond acceptors (Lipinski definition) is 0. The lowest BCUT2D eigenvalue weighted by molar-refractivity contribution is -0.142. The Morgan fingerprint density at radius 2 is 0.871 bits per heavy atom. The van der Waals surface area contributed by atoms with Crippen molar-refractivity contribution in [1.82, 2.24) is 0 Å². The average molecular weight is 907 g/mol. The fourth-order valence-corrected chi connectivity index (χ4v) is 13.4. The zero-order chi connectivity index (χ0) is 46.5. The highest BCUT2D eigenvalue weighted by Crippen LogP contribution is 2.44. The molecule has 3 unspecified atom stereocenters. The van der Waals surface area contributed by atoms with Crippen LogP contribution in [0.2, 0.25) is 25.3 Å². The molecule has 1 aromatic carbocycles. The van der Waals surface area contributed by atoms with Crippen LogP contribution in [0.15, 0.2) is 6.07 Å². The zero-order valence-electron chi connectivity index (χ0n) is 42.2. The van der Waals surface area contributed by atoms with Crippen LogP contribution in [0.1, 0.15) is 260 Å². The molecule has 0 aromatic heterocycles. The Balaban J connectivity index is 0.00000121. The van der Waals surface area contributed by atoms with Gasteiger partial charge in [0.15, 0.2) is 17.5 Å². The van der Waals surface area contributed by atoms with Crippen molar-refractivity contribution in [3.8, 4) is 0 Å². The molecule has 8 heteroatoms. The molecule has 0 bridgehead atoms. The lowest BCUT2D eigenvalue weighted by atomic mass is 9.17. The van der Waals surface area contributed by atoms with Crippen molar-refractivity contribution < 1.29 is 26.3 Å². The van der Waals surface area contributed by atoms with E-state index in [4.69, 9.17) is 0 Å². The van der Waals surface area contributed by atoms with Crippen molar-refractivity contribution in [2.45, 2.75) is 286 Å². The first kappa shape index (κ1) is 61.3. The molecule has 0 aliphatic rings. The van der Waals surface area contributed by atoms with E-state index in [1.54, 1.807) is 25.3 Å². The smallest absolute Gasteiger partial charge is 0.204 e. The SMILES string of the molecule is CCCCCCCC[B-](CCCCCCCC)(CCCCCCCC)CCCCCCCC.CCCC[PH+](CC(C)CCC(CC)CCC)c1cc(F)c(F)c(C(F)(F)F)c1F. The van der Waals surface area contributed by atoms with Crippen LogP contribution in [0.4, 0.5) is 26.3 Å². The Morgan fingerprint density at radius 3 is 1.23 bits per heavy atom. The van der Waals surface area contributed by atoms with E-state index in [-0.39, 0.29) is 17.4 Å². The van der Waals surface area contributed by atoms with Gasteiger partial charge in [-0.25, -0.2) is 13.2 Å². The summed E-state index contributed by atoms with van der Waals surface area (Å²) in [5.41, 5.74) is -2.09. The maximum absolute atomic E-state index is 14.7. The van der Waals surface area contributed by atoms with Gasteiger partial charge in [0.2, 0.25) is 0 Å². The molecule has 0 nitrogen and oxygen atoms in total. The second kappa shape index (κ2) is 39.5. The Hall–Kier alpha value is -0.705. The maximum Gasteiger partial charge on any atom is 0.422 e. The summed E-state index contributed by atoms with van der Waals surface area (Å²) in [5.74, 6) is -4.56. The molecule has 0 aliphatic carbocycles. The Kier molecular flexibility index (Phi) is 39.0. The van der Waals surface area contributed by atoms with Gasteiger partial charge in [-0.3, -0.25) is 0 Å². The molecule has 0 N–H and O–H groups in total. The molecule has 0 aliphatic heterocycles. The van der Waals surface area contributed by atoms with Crippen molar-refractivity contribution in [3.05, 3.63) is 29.1 Å². The summed E-state index contributed by atoms with van der Waals surface area (Å²) in [6, 6.07) is 0.669. The number of benzene rings is 1. The fraction of sp³-hybridized carbons (Fsp3) is 0.889.